The molecule has 0 aromatic heterocycles. The number of aliphatic hydroxyl groups excluding tert-OH is 4. The van der Waals surface area contributed by atoms with Gasteiger partial charge in [0.25, 0.3) is 0 Å². The lowest BCUT2D eigenvalue weighted by molar-refractivity contribution is -0.152. The predicted molar refractivity (Wildman–Crippen MR) is 203 cm³/mol. The third-order valence-corrected chi connectivity index (χ3v) is 9.94. The fourth-order valence-electron chi connectivity index (χ4n) is 6.74. The maximum absolute atomic E-state index is 12.1. The van der Waals surface area contributed by atoms with Crippen LogP contribution in [0.15, 0.2) is 24.3 Å². The Morgan fingerprint density at radius 1 is 0.680 bits per heavy atom. The summed E-state index contributed by atoms with van der Waals surface area (Å²) >= 11 is 0. The predicted octanol–water partition coefficient (Wildman–Crippen LogP) is 8.91. The Labute approximate surface area is 305 Å². The molecule has 0 bridgehead atoms. The number of ether oxygens (including phenoxy) is 2. The van der Waals surface area contributed by atoms with E-state index in [-0.39, 0.29) is 37.4 Å². The van der Waals surface area contributed by atoms with Gasteiger partial charge in [0.15, 0.2) is 0 Å². The molecule has 0 unspecified atom stereocenters. The summed E-state index contributed by atoms with van der Waals surface area (Å²) in [6.45, 7) is 6.34. The Bertz CT molecular complexity index is 887. The van der Waals surface area contributed by atoms with Crippen LogP contribution in [-0.4, -0.2) is 70.0 Å². The van der Waals surface area contributed by atoms with Gasteiger partial charge >= 0.3 is 11.9 Å². The van der Waals surface area contributed by atoms with E-state index in [1.165, 1.54) is 70.6 Å². The molecule has 4 N–H and O–H groups in total. The van der Waals surface area contributed by atoms with Crippen LogP contribution in [0.3, 0.4) is 0 Å². The Morgan fingerprint density at radius 3 is 1.76 bits per heavy atom. The highest BCUT2D eigenvalue weighted by atomic mass is 16.6. The van der Waals surface area contributed by atoms with Crippen molar-refractivity contribution in [3.05, 3.63) is 24.3 Å². The van der Waals surface area contributed by atoms with Gasteiger partial charge < -0.3 is 29.9 Å². The Balaban J connectivity index is 2.02. The summed E-state index contributed by atoms with van der Waals surface area (Å²) in [5.41, 5.74) is 0. The second-order valence-corrected chi connectivity index (χ2v) is 15.2. The van der Waals surface area contributed by atoms with Gasteiger partial charge in [0.2, 0.25) is 0 Å². The van der Waals surface area contributed by atoms with Crippen molar-refractivity contribution in [1.29, 1.82) is 0 Å². The normalized spacial score (nSPS) is 20.6. The molecule has 1 saturated carbocycles. The first-order chi connectivity index (χ1) is 24.1. The third-order valence-electron chi connectivity index (χ3n) is 9.94. The van der Waals surface area contributed by atoms with Gasteiger partial charge in [-0.2, -0.15) is 0 Å². The molecule has 0 spiro atoms. The van der Waals surface area contributed by atoms with E-state index in [4.69, 9.17) is 9.47 Å². The van der Waals surface area contributed by atoms with Gasteiger partial charge in [0, 0.05) is 25.2 Å². The Kier molecular flexibility index (Phi) is 28.6. The zero-order chi connectivity index (χ0) is 36.8. The first-order valence-electron chi connectivity index (χ1n) is 20.5. The molecule has 1 fully saturated rings. The van der Waals surface area contributed by atoms with Gasteiger partial charge in [-0.3, -0.25) is 9.59 Å². The molecule has 0 heterocycles. The number of carbonyl (C=O) groups is 2. The summed E-state index contributed by atoms with van der Waals surface area (Å²) in [4.78, 5) is 24.1. The molecule has 0 aliphatic heterocycles. The molecule has 50 heavy (non-hydrogen) atoms. The average Bonchev–Trinajstić information content (AvgIpc) is 3.35. The molecular weight excluding hydrogens is 632 g/mol. The third kappa shape index (κ3) is 25.3. The number of aliphatic hydroxyl groups is 4. The minimum Gasteiger partial charge on any atom is -0.463 e. The first-order valence-corrected chi connectivity index (χ1v) is 20.5. The van der Waals surface area contributed by atoms with E-state index >= 15 is 0 Å². The first kappa shape index (κ1) is 46.3. The lowest BCUT2D eigenvalue weighted by atomic mass is 9.89. The highest BCUT2D eigenvalue weighted by Gasteiger charge is 2.39. The molecule has 6 atom stereocenters. The zero-order valence-corrected chi connectivity index (χ0v) is 32.2. The van der Waals surface area contributed by atoms with Crippen LogP contribution >= 0.6 is 0 Å². The van der Waals surface area contributed by atoms with E-state index in [2.05, 4.69) is 20.8 Å². The summed E-state index contributed by atoms with van der Waals surface area (Å²) in [6, 6.07) is 0. The van der Waals surface area contributed by atoms with Crippen LogP contribution in [0, 0.1) is 17.8 Å². The number of hydrogen-bond acceptors (Lipinski definition) is 8. The number of unbranched alkanes of at least 4 members (excludes halogenated alkanes) is 15. The molecule has 0 radical (unpaired) electrons. The number of hydrogen-bond donors (Lipinski definition) is 4. The molecule has 0 aromatic carbocycles. The van der Waals surface area contributed by atoms with Crippen LogP contribution in [0.1, 0.15) is 175 Å². The second-order valence-electron chi connectivity index (χ2n) is 15.2. The largest absolute Gasteiger partial charge is 0.463 e. The van der Waals surface area contributed by atoms with Crippen LogP contribution < -0.4 is 0 Å². The zero-order valence-electron chi connectivity index (χ0n) is 32.2. The molecule has 292 valence electrons. The maximum atomic E-state index is 12.1. The van der Waals surface area contributed by atoms with Crippen molar-refractivity contribution in [2.75, 3.05) is 13.2 Å². The average molecular weight is 709 g/mol. The SMILES string of the molecule is CCCCC[C@H](O)/C=C/[C@@H]1[C@@H](C/C=C/CCCC(=O)OC[C@@H](O)COC(=O)CCCCCCCCCCCCCCCC(C)C)[C@@H](O)C[C@H]1O. The molecule has 0 aromatic rings. The van der Waals surface area contributed by atoms with E-state index in [1.807, 2.05) is 18.2 Å². The minimum atomic E-state index is -1.04. The van der Waals surface area contributed by atoms with E-state index in [0.29, 0.717) is 38.5 Å². The lowest BCUT2D eigenvalue weighted by Gasteiger charge is -2.19. The highest BCUT2D eigenvalue weighted by Crippen LogP contribution is 2.36. The highest BCUT2D eigenvalue weighted by molar-refractivity contribution is 5.69. The van der Waals surface area contributed by atoms with Crippen molar-refractivity contribution in [2.45, 2.75) is 199 Å². The molecule has 1 aliphatic rings. The lowest BCUT2D eigenvalue weighted by Crippen LogP contribution is -2.25. The molecular formula is C42H76O8. The van der Waals surface area contributed by atoms with Gasteiger partial charge in [0.05, 0.1) is 18.3 Å². The van der Waals surface area contributed by atoms with Gasteiger partial charge in [0.1, 0.15) is 19.3 Å². The monoisotopic (exact) mass is 709 g/mol. The number of rotatable bonds is 32. The maximum Gasteiger partial charge on any atom is 0.305 e. The summed E-state index contributed by atoms with van der Waals surface area (Å²) in [7, 11) is 0. The molecule has 8 nitrogen and oxygen atoms in total. The van der Waals surface area contributed by atoms with Gasteiger partial charge in [-0.05, 0) is 43.9 Å². The van der Waals surface area contributed by atoms with Crippen LogP contribution in [0.2, 0.25) is 0 Å². The van der Waals surface area contributed by atoms with Crippen molar-refractivity contribution in [2.24, 2.45) is 17.8 Å². The topological polar surface area (TPSA) is 134 Å². The summed E-state index contributed by atoms with van der Waals surface area (Å²) in [5, 5.41) is 41.1. The Morgan fingerprint density at radius 2 is 1.20 bits per heavy atom. The van der Waals surface area contributed by atoms with Crippen LogP contribution in [0.25, 0.3) is 0 Å². The second kappa shape index (κ2) is 30.8. The van der Waals surface area contributed by atoms with Crippen molar-refractivity contribution in [3.8, 4) is 0 Å². The fraction of sp³-hybridized carbons (Fsp3) is 0.857. The van der Waals surface area contributed by atoms with Crippen LogP contribution in [0.5, 0.6) is 0 Å². The van der Waals surface area contributed by atoms with Gasteiger partial charge in [-0.15, -0.1) is 0 Å². The van der Waals surface area contributed by atoms with Crippen molar-refractivity contribution < 1.29 is 39.5 Å². The Hall–Kier alpha value is -1.74. The molecule has 0 amide bonds. The standard InChI is InChI=1S/C42H76O8/c1-4-5-19-25-35(43)29-30-38-37(39(45)31-40(38)46)26-21-17-18-23-28-42(48)50-33-36(44)32-49-41(47)27-22-16-14-12-10-8-6-7-9-11-13-15-20-24-34(2)3/h17,21,29-30,34-40,43-46H,4-16,18-20,22-28,31-33H2,1-3H3/b21-17+,30-29+/t35-,36-,37+,38+,39-,40+/m0/s1. The summed E-state index contributed by atoms with van der Waals surface area (Å²) in [5.74, 6) is -0.217. The van der Waals surface area contributed by atoms with E-state index in [0.717, 1.165) is 44.4 Å². The number of esters is 2. The van der Waals surface area contributed by atoms with Crippen LogP contribution in [-0.2, 0) is 19.1 Å². The fourth-order valence-corrected chi connectivity index (χ4v) is 6.74. The van der Waals surface area contributed by atoms with Crippen molar-refractivity contribution in [1.82, 2.24) is 0 Å². The van der Waals surface area contributed by atoms with Gasteiger partial charge in [-0.1, -0.05) is 148 Å². The van der Waals surface area contributed by atoms with Gasteiger partial charge in [-0.25, -0.2) is 0 Å². The number of allylic oxidation sites excluding steroid dienone is 2. The molecule has 0 saturated heterocycles. The van der Waals surface area contributed by atoms with E-state index in [1.54, 1.807) is 6.08 Å². The van der Waals surface area contributed by atoms with E-state index < -0.39 is 30.4 Å². The smallest absolute Gasteiger partial charge is 0.305 e. The number of carbonyl (C=O) groups excluding carboxylic acids is 2. The van der Waals surface area contributed by atoms with E-state index in [9.17, 15) is 30.0 Å². The van der Waals surface area contributed by atoms with Crippen LogP contribution in [0.4, 0.5) is 0 Å². The molecule has 8 heteroatoms. The van der Waals surface area contributed by atoms with Crippen molar-refractivity contribution >= 4 is 11.9 Å². The molecule has 1 aliphatic carbocycles. The van der Waals surface area contributed by atoms with Crippen molar-refractivity contribution in [3.63, 3.8) is 0 Å². The minimum absolute atomic E-state index is 0.116. The quantitative estimate of drug-likeness (QED) is 0.0309. The molecule has 1 rings (SSSR count). The summed E-state index contributed by atoms with van der Waals surface area (Å²) in [6.07, 6.45) is 29.0. The summed E-state index contributed by atoms with van der Waals surface area (Å²) < 4.78 is 10.3.